The second-order valence-electron chi connectivity index (χ2n) is 17.9. The zero-order valence-electron chi connectivity index (χ0n) is 37.8. The molecule has 0 unspecified atom stereocenters. The van der Waals surface area contributed by atoms with Gasteiger partial charge in [-0.15, -0.1) is 0 Å². The summed E-state index contributed by atoms with van der Waals surface area (Å²) in [4.78, 5) is 35.6. The van der Waals surface area contributed by atoms with Crippen molar-refractivity contribution in [2.75, 3.05) is 14.7 Å². The molecule has 1 saturated heterocycles. The van der Waals surface area contributed by atoms with Crippen LogP contribution in [0.5, 0.6) is 0 Å². The Morgan fingerprint density at radius 3 is 0.937 bits per heavy atom. The Hall–Kier alpha value is -6.72. The summed E-state index contributed by atoms with van der Waals surface area (Å²) in [6.45, 7) is 17.4. The van der Waals surface area contributed by atoms with E-state index >= 15 is 0 Å². The summed E-state index contributed by atoms with van der Waals surface area (Å²) in [5, 5.41) is 0. The molecule has 0 atom stereocenters. The first-order valence-corrected chi connectivity index (χ1v) is 22.4. The zero-order valence-corrected chi connectivity index (χ0v) is 37.8. The van der Waals surface area contributed by atoms with Crippen LogP contribution in [0.2, 0.25) is 0 Å². The van der Waals surface area contributed by atoms with E-state index in [-0.39, 0.29) is 41.9 Å². The van der Waals surface area contributed by atoms with Crippen molar-refractivity contribution in [3.63, 3.8) is 0 Å². The van der Waals surface area contributed by atoms with Gasteiger partial charge in [0.1, 0.15) is 6.42 Å². The van der Waals surface area contributed by atoms with E-state index in [0.29, 0.717) is 6.17 Å². The number of nitrogens with zero attached hydrogens (tertiary/aromatic N) is 3. The zero-order chi connectivity index (χ0) is 44.4. The van der Waals surface area contributed by atoms with Crippen molar-refractivity contribution in [2.45, 2.75) is 85.5 Å². The Morgan fingerprint density at radius 2 is 0.635 bits per heavy atom. The molecule has 8 rings (SSSR count). The van der Waals surface area contributed by atoms with E-state index in [1.807, 2.05) is 21.9 Å². The Bertz CT molecular complexity index is 2470. The maximum absolute atomic E-state index is 14.8. The summed E-state index contributed by atoms with van der Waals surface area (Å²) in [5.41, 5.74) is 14.4. The summed E-state index contributed by atoms with van der Waals surface area (Å²) in [6, 6.07) is 59.4. The first kappa shape index (κ1) is 42.9. The molecule has 0 spiro atoms. The lowest BCUT2D eigenvalue weighted by atomic mass is 9.88. The highest BCUT2D eigenvalue weighted by Crippen LogP contribution is 2.48. The van der Waals surface area contributed by atoms with Gasteiger partial charge in [-0.25, -0.2) is 0 Å². The van der Waals surface area contributed by atoms with Gasteiger partial charge in [-0.3, -0.25) is 19.4 Å². The molecule has 7 aromatic carbocycles. The third-order valence-corrected chi connectivity index (χ3v) is 12.2. The maximum atomic E-state index is 14.8. The van der Waals surface area contributed by atoms with Crippen molar-refractivity contribution in [1.29, 1.82) is 0 Å². The first-order chi connectivity index (χ1) is 30.4. The molecular weight excluding hydrogens is 771 g/mol. The molecule has 5 heteroatoms. The van der Waals surface area contributed by atoms with E-state index in [1.165, 1.54) is 0 Å². The lowest BCUT2D eigenvalue weighted by Gasteiger charge is -2.45. The average molecular weight is 829 g/mol. The van der Waals surface area contributed by atoms with Crippen molar-refractivity contribution in [2.24, 2.45) is 0 Å². The van der Waals surface area contributed by atoms with Crippen LogP contribution in [0.25, 0.3) is 22.3 Å². The predicted molar refractivity (Wildman–Crippen MR) is 263 cm³/mol. The number of rotatable bonds is 12. The van der Waals surface area contributed by atoms with Crippen molar-refractivity contribution < 1.29 is 9.59 Å². The number of hydrogen-bond donors (Lipinski definition) is 0. The second kappa shape index (κ2) is 18.3. The van der Waals surface area contributed by atoms with Crippen LogP contribution in [0.1, 0.15) is 113 Å². The summed E-state index contributed by atoms with van der Waals surface area (Å²) < 4.78 is 0. The van der Waals surface area contributed by atoms with Crippen LogP contribution in [0.15, 0.2) is 170 Å². The summed E-state index contributed by atoms with van der Waals surface area (Å²) in [5.74, 6) is 0.0705. The number of amides is 2. The molecule has 0 bridgehead atoms. The largest absolute Gasteiger partial charge is 0.311 e. The molecule has 1 heterocycles. The molecular formula is C58H58N3O2. The molecule has 1 aliphatic rings. The van der Waals surface area contributed by atoms with Gasteiger partial charge in [0.25, 0.3) is 0 Å². The number of hydrogen-bond acceptors (Lipinski definition) is 3. The summed E-state index contributed by atoms with van der Waals surface area (Å²) >= 11 is 0. The van der Waals surface area contributed by atoms with Crippen LogP contribution in [-0.2, 0) is 9.59 Å². The fraction of sp³-hybridized carbons (Fsp3) is 0.224. The van der Waals surface area contributed by atoms with Gasteiger partial charge < -0.3 is 4.90 Å². The molecule has 1 radical (unpaired) electrons. The predicted octanol–water partition coefficient (Wildman–Crippen LogP) is 15.3. The molecule has 63 heavy (non-hydrogen) atoms. The second-order valence-corrected chi connectivity index (χ2v) is 17.9. The molecule has 317 valence electrons. The van der Waals surface area contributed by atoms with Crippen molar-refractivity contribution >= 4 is 40.3 Å². The number of benzene rings is 7. The summed E-state index contributed by atoms with van der Waals surface area (Å²) in [6.07, 6.45) is 0.333. The first-order valence-electron chi connectivity index (χ1n) is 22.4. The van der Waals surface area contributed by atoms with E-state index in [0.717, 1.165) is 78.5 Å². The fourth-order valence-electron chi connectivity index (χ4n) is 8.96. The van der Waals surface area contributed by atoms with E-state index in [1.54, 1.807) is 0 Å². The highest BCUT2D eigenvalue weighted by atomic mass is 16.2. The molecule has 2 amide bonds. The van der Waals surface area contributed by atoms with E-state index in [4.69, 9.17) is 0 Å². The van der Waals surface area contributed by atoms with Gasteiger partial charge in [0.2, 0.25) is 18.0 Å². The highest BCUT2D eigenvalue weighted by molar-refractivity contribution is 6.18. The Balaban J connectivity index is 1.31. The third kappa shape index (κ3) is 8.57. The number of anilines is 5. The smallest absolute Gasteiger partial charge is 0.238 e. The average Bonchev–Trinajstić information content (AvgIpc) is 3.29. The summed E-state index contributed by atoms with van der Waals surface area (Å²) in [7, 11) is 0. The van der Waals surface area contributed by atoms with Gasteiger partial charge in [-0.2, -0.15) is 0 Å². The Morgan fingerprint density at radius 1 is 0.349 bits per heavy atom. The van der Waals surface area contributed by atoms with E-state index < -0.39 is 0 Å². The molecule has 0 N–H and O–H groups in total. The van der Waals surface area contributed by atoms with Crippen molar-refractivity contribution in [1.82, 2.24) is 0 Å². The Labute approximate surface area is 374 Å². The number of para-hydroxylation sites is 2. The van der Waals surface area contributed by atoms with Crippen LogP contribution in [-0.4, -0.2) is 11.8 Å². The number of carbonyl (C=O) groups is 2. The van der Waals surface area contributed by atoms with Crippen molar-refractivity contribution in [3.8, 4) is 22.3 Å². The molecule has 1 fully saturated rings. The minimum absolute atomic E-state index is 0.130. The molecule has 0 saturated carbocycles. The van der Waals surface area contributed by atoms with Crippen LogP contribution in [0.3, 0.4) is 0 Å². The normalized spacial score (nSPS) is 13.5. The standard InChI is InChI=1S/C58H58N3O2/c1-38(2)50-21-15-22-51(39(3)4)56(50)60-54(62)37-55(63)61(57-52(40(5)6)23-16-24-53(57)41(7)8)58(60)46-29-35-49(36-30-46)59(47-31-25-44(26-32-47)42-17-11-9-12-18-42)48-33-27-45(28-34-48)43-19-13-10-14-20-43/h9-36,38-41H,37H2,1-8H3. The van der Waals surface area contributed by atoms with Gasteiger partial charge in [-0.05, 0) is 105 Å². The lowest BCUT2D eigenvalue weighted by molar-refractivity contribution is -0.128. The Kier molecular flexibility index (Phi) is 12.5. The highest BCUT2D eigenvalue weighted by Gasteiger charge is 2.46. The van der Waals surface area contributed by atoms with E-state index in [9.17, 15) is 9.59 Å². The molecule has 7 aromatic rings. The molecule has 5 nitrogen and oxygen atoms in total. The minimum atomic E-state index is -0.235. The van der Waals surface area contributed by atoms with Gasteiger partial charge in [0, 0.05) is 22.6 Å². The van der Waals surface area contributed by atoms with Gasteiger partial charge in [0.15, 0.2) is 0 Å². The van der Waals surface area contributed by atoms with Crippen LogP contribution in [0, 0.1) is 6.17 Å². The van der Waals surface area contributed by atoms with Crippen LogP contribution < -0.4 is 14.7 Å². The molecule has 0 aliphatic carbocycles. The van der Waals surface area contributed by atoms with Gasteiger partial charge >= 0.3 is 0 Å². The lowest BCUT2D eigenvalue weighted by Crippen LogP contribution is -2.55. The maximum Gasteiger partial charge on any atom is 0.238 e. The topological polar surface area (TPSA) is 43.9 Å². The van der Waals surface area contributed by atoms with Gasteiger partial charge in [-0.1, -0.05) is 189 Å². The van der Waals surface area contributed by atoms with E-state index in [2.05, 4.69) is 218 Å². The third-order valence-electron chi connectivity index (χ3n) is 12.2. The fourth-order valence-corrected chi connectivity index (χ4v) is 8.96. The quantitative estimate of drug-likeness (QED) is 0.115. The molecule has 0 aromatic heterocycles. The minimum Gasteiger partial charge on any atom is -0.311 e. The molecule has 1 aliphatic heterocycles. The van der Waals surface area contributed by atoms with Crippen LogP contribution in [0.4, 0.5) is 28.4 Å². The monoisotopic (exact) mass is 828 g/mol. The SMILES string of the molecule is CC(C)c1cccc(C(C)C)c1N1[C](c2ccc(N(c3ccc(-c4ccccc4)cc3)c3ccc(-c4ccccc4)cc3)cc2)N(c2c(C(C)C)cccc2C(C)C)C(=O)CC1=O. The van der Waals surface area contributed by atoms with Crippen molar-refractivity contribution in [3.05, 3.63) is 204 Å². The van der Waals surface area contributed by atoms with Gasteiger partial charge in [0.05, 0.1) is 11.4 Å². The number of carbonyl (C=O) groups excluding carboxylic acids is 2. The van der Waals surface area contributed by atoms with Crippen LogP contribution >= 0.6 is 0 Å².